The minimum absolute atomic E-state index is 0.0460. The quantitative estimate of drug-likeness (QED) is 0.508. The van der Waals surface area contributed by atoms with Crippen LogP contribution in [0, 0.1) is 5.82 Å². The van der Waals surface area contributed by atoms with Crippen LogP contribution in [-0.4, -0.2) is 12.5 Å². The number of amides is 1. The smallest absolute Gasteiger partial charge is 0.258 e. The van der Waals surface area contributed by atoms with Gasteiger partial charge >= 0.3 is 0 Å². The normalized spacial score (nSPS) is 14.3. The van der Waals surface area contributed by atoms with Gasteiger partial charge in [-0.15, -0.1) is 0 Å². The van der Waals surface area contributed by atoms with Crippen LogP contribution in [0.2, 0.25) is 0 Å². The summed E-state index contributed by atoms with van der Waals surface area (Å²) in [6.45, 7) is 3.16. The number of carbonyl (C=O) groups excluding carboxylic acids is 1. The lowest BCUT2D eigenvalue weighted by molar-refractivity contribution is -0.113. The van der Waals surface area contributed by atoms with Crippen LogP contribution in [0.3, 0.4) is 0 Å². The van der Waals surface area contributed by atoms with Crippen LogP contribution in [0.15, 0.2) is 72.8 Å². The van der Waals surface area contributed by atoms with E-state index >= 15 is 0 Å². The summed E-state index contributed by atoms with van der Waals surface area (Å²) in [5, 5.41) is 0. The summed E-state index contributed by atoms with van der Waals surface area (Å²) in [4.78, 5) is 14.8. The molecule has 4 heteroatoms. The zero-order valence-electron chi connectivity index (χ0n) is 16.3. The van der Waals surface area contributed by atoms with Crippen molar-refractivity contribution < 1.29 is 13.9 Å². The van der Waals surface area contributed by atoms with Crippen LogP contribution in [0.5, 0.6) is 5.75 Å². The number of nitrogens with zero attached hydrogens (tertiary/aromatic N) is 1. The monoisotopic (exact) mass is 387 g/mol. The first kappa shape index (κ1) is 18.9. The molecule has 29 heavy (non-hydrogen) atoms. The van der Waals surface area contributed by atoms with Crippen molar-refractivity contribution in [1.29, 1.82) is 0 Å². The number of hydrogen-bond acceptors (Lipinski definition) is 2. The maximum Gasteiger partial charge on any atom is 0.258 e. The van der Waals surface area contributed by atoms with E-state index in [9.17, 15) is 9.18 Å². The van der Waals surface area contributed by atoms with Crippen LogP contribution in [-0.2, 0) is 11.4 Å². The Morgan fingerprint density at radius 3 is 2.41 bits per heavy atom. The molecule has 0 N–H and O–H groups in total. The van der Waals surface area contributed by atoms with E-state index in [-0.39, 0.29) is 11.7 Å². The summed E-state index contributed by atoms with van der Waals surface area (Å²) in [5.74, 6) is 0.513. The Kier molecular flexibility index (Phi) is 5.43. The minimum Gasteiger partial charge on any atom is -0.489 e. The number of benzene rings is 3. The van der Waals surface area contributed by atoms with Crippen molar-refractivity contribution in [3.05, 3.63) is 95.3 Å². The molecule has 146 valence electrons. The average Bonchev–Trinajstić information content (AvgIpc) is 3.01. The van der Waals surface area contributed by atoms with Crippen LogP contribution in [0.1, 0.15) is 30.0 Å². The summed E-state index contributed by atoms with van der Waals surface area (Å²) in [6.07, 6.45) is 2.84. The van der Waals surface area contributed by atoms with Crippen molar-refractivity contribution in [3.8, 4) is 5.75 Å². The topological polar surface area (TPSA) is 29.5 Å². The van der Waals surface area contributed by atoms with Crippen molar-refractivity contribution >= 4 is 23.2 Å². The first-order valence-corrected chi connectivity index (χ1v) is 9.76. The first-order chi connectivity index (χ1) is 14.2. The zero-order valence-corrected chi connectivity index (χ0v) is 16.3. The molecule has 0 fully saturated rings. The van der Waals surface area contributed by atoms with Gasteiger partial charge in [0.25, 0.3) is 5.91 Å². The SMILES string of the molecule is CCCN1C(=O)/C(=C\c2ccc(OCc3ccc(F)cc3)cc2)c2ccccc21. The summed E-state index contributed by atoms with van der Waals surface area (Å²) >= 11 is 0. The van der Waals surface area contributed by atoms with Crippen molar-refractivity contribution in [2.24, 2.45) is 0 Å². The molecule has 0 atom stereocenters. The van der Waals surface area contributed by atoms with Gasteiger partial charge in [-0.1, -0.05) is 49.4 Å². The highest BCUT2D eigenvalue weighted by Crippen LogP contribution is 2.37. The van der Waals surface area contributed by atoms with Gasteiger partial charge in [-0.25, -0.2) is 4.39 Å². The maximum absolute atomic E-state index is 13.0. The lowest BCUT2D eigenvalue weighted by atomic mass is 10.0. The molecule has 0 saturated carbocycles. The van der Waals surface area contributed by atoms with E-state index in [1.54, 1.807) is 12.1 Å². The highest BCUT2D eigenvalue weighted by Gasteiger charge is 2.31. The third-order valence-corrected chi connectivity index (χ3v) is 4.92. The van der Waals surface area contributed by atoms with Gasteiger partial charge in [0.05, 0.1) is 5.69 Å². The lowest BCUT2D eigenvalue weighted by Crippen LogP contribution is -2.26. The van der Waals surface area contributed by atoms with E-state index in [1.165, 1.54) is 12.1 Å². The van der Waals surface area contributed by atoms with Gasteiger partial charge in [-0.3, -0.25) is 4.79 Å². The van der Waals surface area contributed by atoms with E-state index in [1.807, 2.05) is 59.5 Å². The molecule has 1 aliphatic rings. The van der Waals surface area contributed by atoms with Gasteiger partial charge in [0.2, 0.25) is 0 Å². The highest BCUT2D eigenvalue weighted by atomic mass is 19.1. The van der Waals surface area contributed by atoms with Gasteiger partial charge in [-0.2, -0.15) is 0 Å². The number of halogens is 1. The Bertz CT molecular complexity index is 1040. The first-order valence-electron chi connectivity index (χ1n) is 9.76. The number of anilines is 1. The van der Waals surface area contributed by atoms with Crippen LogP contribution in [0.4, 0.5) is 10.1 Å². The highest BCUT2D eigenvalue weighted by molar-refractivity contribution is 6.35. The Morgan fingerprint density at radius 1 is 0.966 bits per heavy atom. The molecule has 0 radical (unpaired) electrons. The second-order valence-electron chi connectivity index (χ2n) is 7.02. The van der Waals surface area contributed by atoms with Crippen LogP contribution in [0.25, 0.3) is 11.6 Å². The summed E-state index contributed by atoms with van der Waals surface area (Å²) in [7, 11) is 0. The summed E-state index contributed by atoms with van der Waals surface area (Å²) < 4.78 is 18.7. The lowest BCUT2D eigenvalue weighted by Gasteiger charge is -2.15. The number of ether oxygens (including phenoxy) is 1. The molecule has 4 rings (SSSR count). The van der Waals surface area contributed by atoms with Gasteiger partial charge < -0.3 is 9.64 Å². The van der Waals surface area contributed by atoms with E-state index in [0.29, 0.717) is 18.7 Å². The molecule has 1 heterocycles. The molecule has 3 aromatic carbocycles. The molecule has 1 amide bonds. The standard InChI is InChI=1S/C25H22FNO2/c1-2-15-27-24-6-4-3-5-22(24)23(25(27)28)16-18-9-13-21(14-10-18)29-17-19-7-11-20(26)12-8-19/h3-14,16H,2,15,17H2,1H3/b23-16-. The summed E-state index contributed by atoms with van der Waals surface area (Å²) in [6, 6.07) is 21.8. The van der Waals surface area contributed by atoms with E-state index in [2.05, 4.69) is 6.92 Å². The van der Waals surface area contributed by atoms with E-state index in [0.717, 1.165) is 34.5 Å². The average molecular weight is 387 g/mol. The minimum atomic E-state index is -0.258. The number of para-hydroxylation sites is 1. The fourth-order valence-corrected chi connectivity index (χ4v) is 3.47. The van der Waals surface area contributed by atoms with E-state index in [4.69, 9.17) is 4.74 Å². The number of hydrogen-bond donors (Lipinski definition) is 0. The second kappa shape index (κ2) is 8.31. The molecule has 0 saturated heterocycles. The van der Waals surface area contributed by atoms with E-state index < -0.39 is 0 Å². The fraction of sp³-hybridized carbons (Fsp3) is 0.160. The molecular formula is C25H22FNO2. The van der Waals surface area contributed by atoms with Crippen molar-refractivity contribution in [2.45, 2.75) is 20.0 Å². The Balaban J connectivity index is 1.51. The van der Waals surface area contributed by atoms with Crippen molar-refractivity contribution in [2.75, 3.05) is 11.4 Å². The predicted octanol–water partition coefficient (Wildman–Crippen LogP) is 5.70. The molecule has 0 aromatic heterocycles. The molecule has 1 aliphatic heterocycles. The Labute approximate surface area is 170 Å². The van der Waals surface area contributed by atoms with Gasteiger partial charge in [-0.05, 0) is 54.0 Å². The summed E-state index contributed by atoms with van der Waals surface area (Å²) in [5.41, 5.74) is 4.51. The third-order valence-electron chi connectivity index (χ3n) is 4.92. The van der Waals surface area contributed by atoms with Crippen molar-refractivity contribution in [3.63, 3.8) is 0 Å². The fourth-order valence-electron chi connectivity index (χ4n) is 3.47. The Morgan fingerprint density at radius 2 is 1.69 bits per heavy atom. The van der Waals surface area contributed by atoms with Crippen molar-refractivity contribution in [1.82, 2.24) is 0 Å². The second-order valence-corrected chi connectivity index (χ2v) is 7.02. The molecule has 0 bridgehead atoms. The molecule has 3 nitrogen and oxygen atoms in total. The van der Waals surface area contributed by atoms with Gasteiger partial charge in [0, 0.05) is 17.7 Å². The molecular weight excluding hydrogens is 365 g/mol. The van der Waals surface area contributed by atoms with Gasteiger partial charge in [0.15, 0.2) is 0 Å². The molecule has 0 spiro atoms. The van der Waals surface area contributed by atoms with Crippen LogP contribution < -0.4 is 9.64 Å². The number of carbonyl (C=O) groups is 1. The number of fused-ring (bicyclic) bond motifs is 1. The molecule has 0 unspecified atom stereocenters. The molecule has 3 aromatic rings. The van der Waals surface area contributed by atoms with Crippen LogP contribution >= 0.6 is 0 Å². The molecule has 0 aliphatic carbocycles. The third kappa shape index (κ3) is 4.06. The predicted molar refractivity (Wildman–Crippen MR) is 114 cm³/mol. The zero-order chi connectivity index (χ0) is 20.2. The Hall–Kier alpha value is -3.40. The largest absolute Gasteiger partial charge is 0.489 e. The number of rotatable bonds is 6. The maximum atomic E-state index is 13.0. The van der Waals surface area contributed by atoms with Gasteiger partial charge in [0.1, 0.15) is 18.2 Å².